The van der Waals surface area contributed by atoms with Crippen LogP contribution in [0.4, 0.5) is 5.69 Å². The molecule has 0 aliphatic heterocycles. The second-order valence-corrected chi connectivity index (χ2v) is 5.22. The Hall–Kier alpha value is -1.68. The second kappa shape index (κ2) is 7.04. The van der Waals surface area contributed by atoms with Gasteiger partial charge in [0, 0.05) is 28.7 Å². The SMILES string of the molecule is CCOc1ccc(N)c(SCCc2ccncc2)c1. The number of aryl methyl sites for hydroxylation is 1. The van der Waals surface area contributed by atoms with Gasteiger partial charge < -0.3 is 10.5 Å². The van der Waals surface area contributed by atoms with Crippen molar-refractivity contribution in [2.75, 3.05) is 18.1 Å². The van der Waals surface area contributed by atoms with Crippen LogP contribution in [0.25, 0.3) is 0 Å². The summed E-state index contributed by atoms with van der Waals surface area (Å²) in [6.45, 7) is 2.65. The van der Waals surface area contributed by atoms with Crippen LogP contribution in [0.5, 0.6) is 5.75 Å². The smallest absolute Gasteiger partial charge is 0.120 e. The molecule has 2 rings (SSSR count). The predicted molar refractivity (Wildman–Crippen MR) is 80.7 cm³/mol. The zero-order valence-electron chi connectivity index (χ0n) is 11.0. The van der Waals surface area contributed by atoms with Crippen LogP contribution in [0.1, 0.15) is 12.5 Å². The van der Waals surface area contributed by atoms with Crippen molar-refractivity contribution >= 4 is 17.4 Å². The summed E-state index contributed by atoms with van der Waals surface area (Å²) in [6, 6.07) is 9.91. The van der Waals surface area contributed by atoms with E-state index >= 15 is 0 Å². The van der Waals surface area contributed by atoms with Crippen molar-refractivity contribution in [2.45, 2.75) is 18.2 Å². The molecule has 100 valence electrons. The number of nitrogens with two attached hydrogens (primary N) is 1. The zero-order chi connectivity index (χ0) is 13.5. The summed E-state index contributed by atoms with van der Waals surface area (Å²) in [6.07, 6.45) is 4.65. The molecule has 2 N–H and O–H groups in total. The number of hydrogen-bond acceptors (Lipinski definition) is 4. The molecule has 0 spiro atoms. The molecule has 1 heterocycles. The van der Waals surface area contributed by atoms with Crippen molar-refractivity contribution in [3.05, 3.63) is 48.3 Å². The molecule has 0 saturated carbocycles. The minimum absolute atomic E-state index is 0.672. The van der Waals surface area contributed by atoms with Crippen LogP contribution in [0.2, 0.25) is 0 Å². The first-order valence-electron chi connectivity index (χ1n) is 6.33. The van der Waals surface area contributed by atoms with Crippen molar-refractivity contribution in [1.82, 2.24) is 4.98 Å². The minimum atomic E-state index is 0.672. The number of ether oxygens (including phenoxy) is 1. The highest BCUT2D eigenvalue weighted by Gasteiger charge is 2.03. The van der Waals surface area contributed by atoms with Crippen LogP contribution in [0.3, 0.4) is 0 Å². The Labute approximate surface area is 118 Å². The third-order valence-electron chi connectivity index (χ3n) is 2.69. The zero-order valence-corrected chi connectivity index (χ0v) is 11.8. The van der Waals surface area contributed by atoms with E-state index < -0.39 is 0 Å². The lowest BCUT2D eigenvalue weighted by Crippen LogP contribution is -1.95. The predicted octanol–water partition coefficient (Wildman–Crippen LogP) is 3.40. The summed E-state index contributed by atoms with van der Waals surface area (Å²) < 4.78 is 5.49. The van der Waals surface area contributed by atoms with Gasteiger partial charge in [0.05, 0.1) is 6.61 Å². The Morgan fingerprint density at radius 1 is 1.21 bits per heavy atom. The maximum atomic E-state index is 5.98. The minimum Gasteiger partial charge on any atom is -0.494 e. The molecule has 1 aromatic heterocycles. The fraction of sp³-hybridized carbons (Fsp3) is 0.267. The number of thioether (sulfide) groups is 1. The number of benzene rings is 1. The Morgan fingerprint density at radius 2 is 2.00 bits per heavy atom. The highest BCUT2D eigenvalue weighted by Crippen LogP contribution is 2.29. The molecule has 0 aliphatic rings. The fourth-order valence-corrected chi connectivity index (χ4v) is 2.72. The van der Waals surface area contributed by atoms with Gasteiger partial charge in [-0.1, -0.05) is 0 Å². The van der Waals surface area contributed by atoms with Gasteiger partial charge in [0.15, 0.2) is 0 Å². The van der Waals surface area contributed by atoms with Crippen LogP contribution >= 0.6 is 11.8 Å². The Balaban J connectivity index is 1.93. The average molecular weight is 274 g/mol. The number of aromatic nitrogens is 1. The van der Waals surface area contributed by atoms with Gasteiger partial charge >= 0.3 is 0 Å². The van der Waals surface area contributed by atoms with E-state index in [4.69, 9.17) is 10.5 Å². The largest absolute Gasteiger partial charge is 0.494 e. The first-order chi connectivity index (χ1) is 9.29. The molecule has 2 aromatic rings. The van der Waals surface area contributed by atoms with Crippen LogP contribution in [-0.4, -0.2) is 17.3 Å². The van der Waals surface area contributed by atoms with Crippen molar-refractivity contribution < 1.29 is 4.74 Å². The first kappa shape index (κ1) is 13.7. The summed E-state index contributed by atoms with van der Waals surface area (Å²) in [5, 5.41) is 0. The lowest BCUT2D eigenvalue weighted by Gasteiger charge is -2.09. The third-order valence-corrected chi connectivity index (χ3v) is 3.77. The monoisotopic (exact) mass is 274 g/mol. The molecule has 3 nitrogen and oxygen atoms in total. The highest BCUT2D eigenvalue weighted by atomic mass is 32.2. The molecular formula is C15H18N2OS. The van der Waals surface area contributed by atoms with Crippen LogP contribution in [0.15, 0.2) is 47.6 Å². The summed E-state index contributed by atoms with van der Waals surface area (Å²) in [4.78, 5) is 5.10. The van der Waals surface area contributed by atoms with Gasteiger partial charge in [0.2, 0.25) is 0 Å². The molecule has 0 unspecified atom stereocenters. The standard InChI is InChI=1S/C15H18N2OS/c1-2-18-13-3-4-14(16)15(11-13)19-10-7-12-5-8-17-9-6-12/h3-6,8-9,11H,2,7,10,16H2,1H3. The Bertz CT molecular complexity index is 517. The Kier molecular flexibility index (Phi) is 5.10. The van der Waals surface area contributed by atoms with Gasteiger partial charge in [-0.05, 0) is 49.2 Å². The van der Waals surface area contributed by atoms with Crippen LogP contribution in [0, 0.1) is 0 Å². The van der Waals surface area contributed by atoms with Gasteiger partial charge in [0.1, 0.15) is 5.75 Å². The topological polar surface area (TPSA) is 48.1 Å². The number of nitrogen functional groups attached to an aromatic ring is 1. The maximum absolute atomic E-state index is 5.98. The van der Waals surface area contributed by atoms with Crippen LogP contribution < -0.4 is 10.5 Å². The van der Waals surface area contributed by atoms with E-state index in [0.717, 1.165) is 28.5 Å². The van der Waals surface area contributed by atoms with E-state index in [2.05, 4.69) is 4.98 Å². The number of pyridine rings is 1. The van der Waals surface area contributed by atoms with Crippen molar-refractivity contribution in [3.63, 3.8) is 0 Å². The van der Waals surface area contributed by atoms with E-state index in [1.165, 1.54) is 5.56 Å². The number of anilines is 1. The molecule has 0 radical (unpaired) electrons. The number of hydrogen-bond donors (Lipinski definition) is 1. The second-order valence-electron chi connectivity index (χ2n) is 4.09. The molecule has 0 amide bonds. The van der Waals surface area contributed by atoms with Crippen molar-refractivity contribution in [1.29, 1.82) is 0 Å². The van der Waals surface area contributed by atoms with Crippen LogP contribution in [-0.2, 0) is 6.42 Å². The average Bonchev–Trinajstić information content (AvgIpc) is 2.44. The van der Waals surface area contributed by atoms with Gasteiger partial charge in [-0.25, -0.2) is 0 Å². The van der Waals surface area contributed by atoms with Crippen molar-refractivity contribution in [3.8, 4) is 5.75 Å². The van der Waals surface area contributed by atoms with Gasteiger partial charge in [0.25, 0.3) is 0 Å². The molecule has 1 aromatic carbocycles. The number of nitrogens with zero attached hydrogens (tertiary/aromatic N) is 1. The molecule has 0 atom stereocenters. The Morgan fingerprint density at radius 3 is 2.74 bits per heavy atom. The third kappa shape index (κ3) is 4.17. The summed E-state index contributed by atoms with van der Waals surface area (Å²) >= 11 is 1.76. The van der Waals surface area contributed by atoms with Gasteiger partial charge in [-0.3, -0.25) is 4.98 Å². The lowest BCUT2D eigenvalue weighted by atomic mass is 10.2. The molecule has 19 heavy (non-hydrogen) atoms. The molecule has 0 bridgehead atoms. The van der Waals surface area contributed by atoms with E-state index in [-0.39, 0.29) is 0 Å². The normalized spacial score (nSPS) is 10.4. The summed E-state index contributed by atoms with van der Waals surface area (Å²) in [5.41, 5.74) is 8.08. The fourth-order valence-electron chi connectivity index (χ4n) is 1.72. The van der Waals surface area contributed by atoms with E-state index in [1.54, 1.807) is 11.8 Å². The highest BCUT2D eigenvalue weighted by molar-refractivity contribution is 7.99. The quantitative estimate of drug-likeness (QED) is 0.648. The van der Waals surface area contributed by atoms with E-state index in [0.29, 0.717) is 6.61 Å². The first-order valence-corrected chi connectivity index (χ1v) is 7.32. The molecular weight excluding hydrogens is 256 g/mol. The maximum Gasteiger partial charge on any atom is 0.120 e. The van der Waals surface area contributed by atoms with E-state index in [1.807, 2.05) is 49.6 Å². The molecule has 4 heteroatoms. The molecule has 0 aliphatic carbocycles. The summed E-state index contributed by atoms with van der Waals surface area (Å²) in [5.74, 6) is 1.87. The molecule has 0 saturated heterocycles. The molecule has 0 fully saturated rings. The van der Waals surface area contributed by atoms with Gasteiger partial charge in [-0.2, -0.15) is 0 Å². The summed E-state index contributed by atoms with van der Waals surface area (Å²) in [7, 11) is 0. The van der Waals surface area contributed by atoms with Crippen molar-refractivity contribution in [2.24, 2.45) is 0 Å². The number of rotatable bonds is 6. The van der Waals surface area contributed by atoms with E-state index in [9.17, 15) is 0 Å². The lowest BCUT2D eigenvalue weighted by molar-refractivity contribution is 0.339. The van der Waals surface area contributed by atoms with Gasteiger partial charge in [-0.15, -0.1) is 11.8 Å².